The third-order valence-electron chi connectivity index (χ3n) is 1.75. The minimum Gasteiger partial charge on any atom is -0.391 e. The summed E-state index contributed by atoms with van der Waals surface area (Å²) in [6.07, 6.45) is 4.30. The van der Waals surface area contributed by atoms with E-state index < -0.39 is 0 Å². The van der Waals surface area contributed by atoms with Gasteiger partial charge in [0.25, 0.3) is 0 Å². The van der Waals surface area contributed by atoms with Crippen molar-refractivity contribution < 1.29 is 0 Å². The SMILES string of the molecule is C/C=C(C)\C=C(\NC)C(C)C. The largest absolute Gasteiger partial charge is 0.391 e. The predicted octanol–water partition coefficient (Wildman–Crippen LogP) is 2.71. The first-order valence-electron chi connectivity index (χ1n) is 4.14. The van der Waals surface area contributed by atoms with Crippen LogP contribution in [0.5, 0.6) is 0 Å². The Bertz CT molecular complexity index is 164. The average Bonchev–Trinajstić information content (AvgIpc) is 1.99. The van der Waals surface area contributed by atoms with E-state index in [1.54, 1.807) is 0 Å². The zero-order valence-electron chi connectivity index (χ0n) is 8.23. The summed E-state index contributed by atoms with van der Waals surface area (Å²) in [7, 11) is 1.97. The van der Waals surface area contributed by atoms with Gasteiger partial charge in [-0.1, -0.05) is 25.5 Å². The highest BCUT2D eigenvalue weighted by Gasteiger charge is 1.98. The molecule has 0 bridgehead atoms. The lowest BCUT2D eigenvalue weighted by Crippen LogP contribution is -2.11. The van der Waals surface area contributed by atoms with Crippen LogP contribution in [0.2, 0.25) is 0 Å². The number of hydrogen-bond acceptors (Lipinski definition) is 1. The number of hydrogen-bond donors (Lipinski definition) is 1. The molecular weight excluding hydrogens is 134 g/mol. The van der Waals surface area contributed by atoms with Crippen LogP contribution in [0.15, 0.2) is 23.4 Å². The van der Waals surface area contributed by atoms with Crippen molar-refractivity contribution in [2.75, 3.05) is 7.05 Å². The Balaban J connectivity index is 4.35. The molecule has 0 aliphatic rings. The maximum absolute atomic E-state index is 3.19. The van der Waals surface area contributed by atoms with Gasteiger partial charge in [-0.3, -0.25) is 0 Å². The van der Waals surface area contributed by atoms with Gasteiger partial charge in [0.15, 0.2) is 0 Å². The molecule has 0 aliphatic heterocycles. The van der Waals surface area contributed by atoms with E-state index in [1.165, 1.54) is 11.3 Å². The number of allylic oxidation sites excluding steroid dienone is 4. The highest BCUT2D eigenvalue weighted by Crippen LogP contribution is 2.08. The van der Waals surface area contributed by atoms with Crippen LogP contribution in [0.4, 0.5) is 0 Å². The Morgan fingerprint density at radius 3 is 2.18 bits per heavy atom. The molecule has 0 radical (unpaired) electrons. The van der Waals surface area contributed by atoms with E-state index in [9.17, 15) is 0 Å². The number of nitrogens with one attached hydrogen (secondary N) is 1. The Labute approximate surface area is 70.2 Å². The van der Waals surface area contributed by atoms with Crippen LogP contribution in [-0.4, -0.2) is 7.05 Å². The molecule has 0 spiro atoms. The quantitative estimate of drug-likeness (QED) is 0.615. The van der Waals surface area contributed by atoms with Crippen LogP contribution >= 0.6 is 0 Å². The molecule has 0 amide bonds. The predicted molar refractivity (Wildman–Crippen MR) is 51.4 cm³/mol. The standard InChI is InChI=1S/C10H19N/c1-6-9(4)7-10(11-5)8(2)3/h6-8,11H,1-5H3/b9-6-,10-7+. The van der Waals surface area contributed by atoms with Gasteiger partial charge in [-0.2, -0.15) is 0 Å². The van der Waals surface area contributed by atoms with Crippen molar-refractivity contribution in [2.45, 2.75) is 27.7 Å². The molecular formula is C10H19N. The van der Waals surface area contributed by atoms with Crippen molar-refractivity contribution >= 4 is 0 Å². The van der Waals surface area contributed by atoms with Crippen molar-refractivity contribution in [3.05, 3.63) is 23.4 Å². The third-order valence-corrected chi connectivity index (χ3v) is 1.75. The fourth-order valence-electron chi connectivity index (χ4n) is 0.856. The molecule has 1 heteroatoms. The van der Waals surface area contributed by atoms with Gasteiger partial charge in [0.1, 0.15) is 0 Å². The monoisotopic (exact) mass is 153 g/mol. The highest BCUT2D eigenvalue weighted by atomic mass is 14.8. The van der Waals surface area contributed by atoms with Gasteiger partial charge in [-0.15, -0.1) is 0 Å². The molecule has 11 heavy (non-hydrogen) atoms. The average molecular weight is 153 g/mol. The second-order valence-corrected chi connectivity index (χ2v) is 3.04. The first-order chi connectivity index (χ1) is 5.11. The smallest absolute Gasteiger partial charge is 0.0132 e. The van der Waals surface area contributed by atoms with E-state index in [0.29, 0.717) is 5.92 Å². The Morgan fingerprint density at radius 2 is 1.91 bits per heavy atom. The van der Waals surface area contributed by atoms with E-state index in [-0.39, 0.29) is 0 Å². The van der Waals surface area contributed by atoms with Crippen LogP contribution in [0.3, 0.4) is 0 Å². The summed E-state index contributed by atoms with van der Waals surface area (Å²) in [5, 5.41) is 3.19. The fraction of sp³-hybridized carbons (Fsp3) is 0.600. The van der Waals surface area contributed by atoms with Crippen molar-refractivity contribution in [1.82, 2.24) is 5.32 Å². The van der Waals surface area contributed by atoms with Gasteiger partial charge >= 0.3 is 0 Å². The second-order valence-electron chi connectivity index (χ2n) is 3.04. The van der Waals surface area contributed by atoms with E-state index in [1.807, 2.05) is 7.05 Å². The summed E-state index contributed by atoms with van der Waals surface area (Å²) in [6.45, 7) is 8.54. The van der Waals surface area contributed by atoms with Crippen LogP contribution in [0, 0.1) is 5.92 Å². The normalized spacial score (nSPS) is 14.0. The van der Waals surface area contributed by atoms with Crippen molar-refractivity contribution in [3.63, 3.8) is 0 Å². The minimum atomic E-state index is 0.579. The Hall–Kier alpha value is -0.720. The maximum atomic E-state index is 3.19. The first kappa shape index (κ1) is 10.3. The van der Waals surface area contributed by atoms with Crippen molar-refractivity contribution in [3.8, 4) is 0 Å². The van der Waals surface area contributed by atoms with E-state index in [0.717, 1.165) is 0 Å². The van der Waals surface area contributed by atoms with Crippen LogP contribution in [0.25, 0.3) is 0 Å². The number of rotatable bonds is 3. The van der Waals surface area contributed by atoms with E-state index in [4.69, 9.17) is 0 Å². The third kappa shape index (κ3) is 3.87. The van der Waals surface area contributed by atoms with Crippen LogP contribution < -0.4 is 5.32 Å². The molecule has 1 N–H and O–H groups in total. The second kappa shape index (κ2) is 5.00. The summed E-state index contributed by atoms with van der Waals surface area (Å²) in [6, 6.07) is 0. The van der Waals surface area contributed by atoms with Gasteiger partial charge in [-0.05, 0) is 25.8 Å². The molecule has 64 valence electrons. The molecule has 0 aliphatic carbocycles. The maximum Gasteiger partial charge on any atom is 0.0132 e. The van der Waals surface area contributed by atoms with Crippen molar-refractivity contribution in [2.24, 2.45) is 5.92 Å². The molecule has 0 aromatic rings. The molecule has 0 aromatic heterocycles. The molecule has 0 atom stereocenters. The molecule has 1 nitrogen and oxygen atoms in total. The summed E-state index contributed by atoms with van der Waals surface area (Å²) < 4.78 is 0. The van der Waals surface area contributed by atoms with E-state index >= 15 is 0 Å². The molecule has 0 fully saturated rings. The summed E-state index contributed by atoms with van der Waals surface area (Å²) in [5.74, 6) is 0.579. The highest BCUT2D eigenvalue weighted by molar-refractivity contribution is 5.20. The van der Waals surface area contributed by atoms with Crippen LogP contribution in [-0.2, 0) is 0 Å². The summed E-state index contributed by atoms with van der Waals surface area (Å²) in [5.41, 5.74) is 2.60. The van der Waals surface area contributed by atoms with Gasteiger partial charge in [0.05, 0.1) is 0 Å². The molecule has 0 aromatic carbocycles. The molecule has 0 unspecified atom stereocenters. The van der Waals surface area contributed by atoms with Crippen molar-refractivity contribution in [1.29, 1.82) is 0 Å². The lowest BCUT2D eigenvalue weighted by molar-refractivity contribution is 0.698. The zero-order valence-corrected chi connectivity index (χ0v) is 8.23. The molecule has 0 heterocycles. The zero-order chi connectivity index (χ0) is 8.85. The van der Waals surface area contributed by atoms with Crippen LogP contribution in [0.1, 0.15) is 27.7 Å². The Morgan fingerprint density at radius 1 is 1.36 bits per heavy atom. The molecule has 0 rings (SSSR count). The topological polar surface area (TPSA) is 12.0 Å². The van der Waals surface area contributed by atoms with Gasteiger partial charge in [0.2, 0.25) is 0 Å². The summed E-state index contributed by atoms with van der Waals surface area (Å²) >= 11 is 0. The Kier molecular flexibility index (Phi) is 4.67. The first-order valence-corrected chi connectivity index (χ1v) is 4.14. The van der Waals surface area contributed by atoms with Gasteiger partial charge in [-0.25, -0.2) is 0 Å². The molecule has 0 saturated carbocycles. The summed E-state index contributed by atoms with van der Waals surface area (Å²) in [4.78, 5) is 0. The van der Waals surface area contributed by atoms with Gasteiger partial charge < -0.3 is 5.32 Å². The minimum absolute atomic E-state index is 0.579. The lowest BCUT2D eigenvalue weighted by atomic mass is 10.1. The molecule has 0 saturated heterocycles. The fourth-order valence-corrected chi connectivity index (χ4v) is 0.856. The lowest BCUT2D eigenvalue weighted by Gasteiger charge is -2.10. The van der Waals surface area contributed by atoms with Gasteiger partial charge in [0, 0.05) is 12.7 Å². The van der Waals surface area contributed by atoms with E-state index in [2.05, 4.69) is 45.2 Å².